The van der Waals surface area contributed by atoms with Gasteiger partial charge in [0.25, 0.3) is 0 Å². The Morgan fingerprint density at radius 3 is 1.68 bits per heavy atom. The van der Waals surface area contributed by atoms with E-state index in [1.165, 1.54) is 38.5 Å². The molecule has 3 nitrogen and oxygen atoms in total. The van der Waals surface area contributed by atoms with Crippen molar-refractivity contribution in [1.29, 1.82) is 0 Å². The second kappa shape index (κ2) is 9.52. The van der Waals surface area contributed by atoms with Crippen LogP contribution in [-0.2, 0) is 13.6 Å². The van der Waals surface area contributed by atoms with E-state index in [2.05, 4.69) is 0 Å². The highest BCUT2D eigenvalue weighted by Gasteiger charge is 2.25. The zero-order chi connectivity index (χ0) is 13.3. The first kappa shape index (κ1) is 16.0. The van der Waals surface area contributed by atoms with Crippen molar-refractivity contribution in [2.45, 2.75) is 76.4 Å². The SMILES string of the molecule is ClCCOP(OC1CCCCC1)OC1CCCCC1. The van der Waals surface area contributed by atoms with Crippen LogP contribution in [0.25, 0.3) is 0 Å². The summed E-state index contributed by atoms with van der Waals surface area (Å²) >= 11 is 5.71. The van der Waals surface area contributed by atoms with Gasteiger partial charge in [0.1, 0.15) is 0 Å². The average molecular weight is 309 g/mol. The summed E-state index contributed by atoms with van der Waals surface area (Å²) in [5.74, 6) is 0.501. The van der Waals surface area contributed by atoms with Crippen LogP contribution in [0.15, 0.2) is 0 Å². The van der Waals surface area contributed by atoms with Crippen LogP contribution in [0.5, 0.6) is 0 Å². The van der Waals surface area contributed by atoms with E-state index in [0.29, 0.717) is 24.7 Å². The van der Waals surface area contributed by atoms with Crippen LogP contribution in [0.3, 0.4) is 0 Å². The molecule has 2 fully saturated rings. The molecule has 0 heterocycles. The van der Waals surface area contributed by atoms with E-state index in [1.54, 1.807) is 0 Å². The molecule has 0 aromatic heterocycles. The van der Waals surface area contributed by atoms with Crippen LogP contribution in [0, 0.1) is 0 Å². The topological polar surface area (TPSA) is 27.7 Å². The smallest absolute Gasteiger partial charge is 0.311 e. The van der Waals surface area contributed by atoms with Crippen LogP contribution >= 0.6 is 20.2 Å². The predicted molar refractivity (Wildman–Crippen MR) is 79.5 cm³/mol. The molecule has 0 unspecified atom stereocenters. The van der Waals surface area contributed by atoms with Gasteiger partial charge >= 0.3 is 8.60 Å². The van der Waals surface area contributed by atoms with Crippen LogP contribution in [-0.4, -0.2) is 24.7 Å². The van der Waals surface area contributed by atoms with E-state index in [9.17, 15) is 0 Å². The lowest BCUT2D eigenvalue weighted by molar-refractivity contribution is 0.0631. The highest BCUT2D eigenvalue weighted by Crippen LogP contribution is 2.46. The summed E-state index contributed by atoms with van der Waals surface area (Å²) < 4.78 is 17.8. The molecule has 0 amide bonds. The number of alkyl halides is 1. The first-order valence-electron chi connectivity index (χ1n) is 7.71. The minimum absolute atomic E-state index is 0.332. The van der Waals surface area contributed by atoms with Crippen LogP contribution in [0.2, 0.25) is 0 Å². The molecule has 2 rings (SSSR count). The molecule has 0 aliphatic heterocycles. The maximum atomic E-state index is 6.06. The summed E-state index contributed by atoms with van der Waals surface area (Å²) in [5.41, 5.74) is 0. The van der Waals surface area contributed by atoms with Gasteiger partial charge in [0, 0.05) is 5.88 Å². The fourth-order valence-electron chi connectivity index (χ4n) is 2.78. The Labute approximate surface area is 123 Å². The molecular formula is C14H26ClO3P. The van der Waals surface area contributed by atoms with Crippen molar-refractivity contribution < 1.29 is 13.6 Å². The van der Waals surface area contributed by atoms with E-state index >= 15 is 0 Å². The third kappa shape index (κ3) is 6.27. The lowest BCUT2D eigenvalue weighted by Crippen LogP contribution is -2.19. The fraction of sp³-hybridized carbons (Fsp3) is 1.00. The first-order valence-corrected chi connectivity index (χ1v) is 9.34. The molecule has 0 bridgehead atoms. The van der Waals surface area contributed by atoms with Gasteiger partial charge in [-0.1, -0.05) is 38.5 Å². The molecule has 2 aliphatic rings. The molecule has 19 heavy (non-hydrogen) atoms. The molecule has 0 radical (unpaired) electrons. The monoisotopic (exact) mass is 308 g/mol. The van der Waals surface area contributed by atoms with E-state index in [0.717, 1.165) is 25.7 Å². The van der Waals surface area contributed by atoms with Gasteiger partial charge in [-0.2, -0.15) is 0 Å². The zero-order valence-electron chi connectivity index (χ0n) is 11.7. The second-order valence-electron chi connectivity index (χ2n) is 5.48. The van der Waals surface area contributed by atoms with E-state index < -0.39 is 8.60 Å². The van der Waals surface area contributed by atoms with Crippen LogP contribution in [0.4, 0.5) is 0 Å². The number of halogens is 1. The van der Waals surface area contributed by atoms with Gasteiger partial charge in [0.05, 0.1) is 18.8 Å². The largest absolute Gasteiger partial charge is 0.333 e. The molecule has 0 aromatic carbocycles. The standard InChI is InChI=1S/C14H26ClO3P/c15-11-12-16-19(17-13-7-3-1-4-8-13)18-14-9-5-2-6-10-14/h13-14H,1-12H2. The van der Waals surface area contributed by atoms with E-state index in [1.807, 2.05) is 0 Å². The molecule has 0 N–H and O–H groups in total. The van der Waals surface area contributed by atoms with Gasteiger partial charge in [-0.25, -0.2) is 0 Å². The minimum atomic E-state index is -1.20. The Balaban J connectivity index is 1.75. The lowest BCUT2D eigenvalue weighted by atomic mass is 9.98. The molecule has 2 aliphatic carbocycles. The summed E-state index contributed by atoms with van der Waals surface area (Å²) in [6.45, 7) is 0.521. The van der Waals surface area contributed by atoms with E-state index in [4.69, 9.17) is 25.2 Å². The van der Waals surface area contributed by atoms with Gasteiger partial charge in [-0.05, 0) is 25.7 Å². The summed E-state index contributed by atoms with van der Waals surface area (Å²) in [5, 5.41) is 0. The number of hydrogen-bond donors (Lipinski definition) is 0. The third-order valence-electron chi connectivity index (χ3n) is 3.85. The van der Waals surface area contributed by atoms with Gasteiger partial charge < -0.3 is 13.6 Å². The van der Waals surface area contributed by atoms with Crippen LogP contribution in [0.1, 0.15) is 64.2 Å². The molecule has 2 saturated carbocycles. The maximum absolute atomic E-state index is 6.06. The highest BCUT2D eigenvalue weighted by atomic mass is 35.5. The molecule has 0 saturated heterocycles. The predicted octanol–water partition coefficient (Wildman–Crippen LogP) is 5.17. The third-order valence-corrected chi connectivity index (χ3v) is 5.34. The van der Waals surface area contributed by atoms with Crippen molar-refractivity contribution >= 4 is 20.2 Å². The summed E-state index contributed by atoms with van der Waals surface area (Å²) in [6, 6.07) is 0. The number of hydrogen-bond acceptors (Lipinski definition) is 3. The zero-order valence-corrected chi connectivity index (χ0v) is 13.3. The van der Waals surface area contributed by atoms with Gasteiger partial charge in [-0.3, -0.25) is 0 Å². The van der Waals surface area contributed by atoms with E-state index in [-0.39, 0.29) is 0 Å². The number of rotatable bonds is 7. The fourth-order valence-corrected chi connectivity index (χ4v) is 4.28. The van der Waals surface area contributed by atoms with Gasteiger partial charge in [-0.15, -0.1) is 11.6 Å². The van der Waals surface area contributed by atoms with Crippen molar-refractivity contribution in [3.05, 3.63) is 0 Å². The summed E-state index contributed by atoms with van der Waals surface area (Å²) in [7, 11) is -1.20. The molecule has 5 heteroatoms. The Bertz CT molecular complexity index is 211. The maximum Gasteiger partial charge on any atom is 0.333 e. The molecule has 0 atom stereocenters. The van der Waals surface area contributed by atoms with Crippen molar-refractivity contribution in [2.24, 2.45) is 0 Å². The molecule has 0 aromatic rings. The Morgan fingerprint density at radius 2 is 1.26 bits per heavy atom. The highest BCUT2D eigenvalue weighted by molar-refractivity contribution is 7.41. The minimum Gasteiger partial charge on any atom is -0.311 e. The second-order valence-corrected chi connectivity index (χ2v) is 6.98. The van der Waals surface area contributed by atoms with Crippen LogP contribution < -0.4 is 0 Å². The van der Waals surface area contributed by atoms with Crippen molar-refractivity contribution in [3.8, 4) is 0 Å². The molecule has 112 valence electrons. The van der Waals surface area contributed by atoms with Gasteiger partial charge in [0.2, 0.25) is 0 Å². The summed E-state index contributed by atoms with van der Waals surface area (Å²) in [6.07, 6.45) is 13.0. The molecule has 0 spiro atoms. The first-order chi connectivity index (χ1) is 9.38. The van der Waals surface area contributed by atoms with Gasteiger partial charge in [0.15, 0.2) is 0 Å². The van der Waals surface area contributed by atoms with Crippen molar-refractivity contribution in [2.75, 3.05) is 12.5 Å². The Hall–Kier alpha value is 0.600. The van der Waals surface area contributed by atoms with Crippen molar-refractivity contribution in [3.63, 3.8) is 0 Å². The van der Waals surface area contributed by atoms with Crippen molar-refractivity contribution in [1.82, 2.24) is 0 Å². The Kier molecular flexibility index (Phi) is 8.01. The summed E-state index contributed by atoms with van der Waals surface area (Å²) in [4.78, 5) is 0. The quantitative estimate of drug-likeness (QED) is 0.480. The Morgan fingerprint density at radius 1 is 0.789 bits per heavy atom. The lowest BCUT2D eigenvalue weighted by Gasteiger charge is -2.29. The molecular weight excluding hydrogens is 283 g/mol. The average Bonchev–Trinajstić information content (AvgIpc) is 2.47. The normalized spacial score (nSPS) is 23.1.